The number of benzene rings is 1. The maximum atomic E-state index is 12.0. The van der Waals surface area contributed by atoms with E-state index in [-0.39, 0.29) is 17.5 Å². The van der Waals surface area contributed by atoms with Gasteiger partial charge in [0.25, 0.3) is 0 Å². The molecule has 1 aromatic rings. The van der Waals surface area contributed by atoms with Crippen molar-refractivity contribution < 1.29 is 13.2 Å². The summed E-state index contributed by atoms with van der Waals surface area (Å²) >= 11 is 0. The van der Waals surface area contributed by atoms with Crippen LogP contribution in [0.1, 0.15) is 39.2 Å². The number of carbonyl (C=O) groups is 1. The molecule has 1 rings (SSSR count). The quantitative estimate of drug-likeness (QED) is 0.772. The van der Waals surface area contributed by atoms with E-state index in [1.165, 1.54) is 0 Å². The van der Waals surface area contributed by atoms with Crippen LogP contribution in [0.3, 0.4) is 0 Å². The summed E-state index contributed by atoms with van der Waals surface area (Å²) in [6, 6.07) is 7.08. The van der Waals surface area contributed by atoms with Crippen molar-refractivity contribution in [2.45, 2.75) is 44.9 Å². The van der Waals surface area contributed by atoms with Crippen LogP contribution >= 0.6 is 0 Å². The highest BCUT2D eigenvalue weighted by atomic mass is 32.2. The zero-order valence-corrected chi connectivity index (χ0v) is 12.7. The first kappa shape index (κ1) is 15.9. The second-order valence-corrected chi connectivity index (χ2v) is 7.29. The molecule has 0 N–H and O–H groups in total. The van der Waals surface area contributed by atoms with Gasteiger partial charge in [-0.05, 0) is 43.4 Å². The molecular weight excluding hydrogens is 260 g/mol. The third kappa shape index (κ3) is 5.15. The summed E-state index contributed by atoms with van der Waals surface area (Å²) < 4.78 is 24.0. The lowest BCUT2D eigenvalue weighted by Gasteiger charge is -2.11. The molecule has 0 aliphatic carbocycles. The molecule has 0 radical (unpaired) electrons. The lowest BCUT2D eigenvalue weighted by Crippen LogP contribution is -2.08. The number of Topliss-reactive ketones (excluding diaryl/α,β-unsaturated/α-hetero) is 1. The molecule has 1 aromatic carbocycles. The van der Waals surface area contributed by atoms with Gasteiger partial charge in [-0.3, -0.25) is 0 Å². The summed E-state index contributed by atoms with van der Waals surface area (Å²) in [5.41, 5.74) is 0.978. The van der Waals surface area contributed by atoms with Crippen molar-refractivity contribution in [2.75, 3.05) is 5.75 Å². The summed E-state index contributed by atoms with van der Waals surface area (Å²) in [6.45, 7) is 5.45. The number of hydrogen-bond donors (Lipinski definition) is 0. The van der Waals surface area contributed by atoms with Crippen molar-refractivity contribution in [1.29, 1.82) is 0 Å². The van der Waals surface area contributed by atoms with E-state index in [0.717, 1.165) is 12.0 Å². The van der Waals surface area contributed by atoms with Crippen molar-refractivity contribution in [2.24, 2.45) is 5.92 Å². The zero-order valence-electron chi connectivity index (χ0n) is 11.8. The molecule has 4 heteroatoms. The molecule has 3 nitrogen and oxygen atoms in total. The van der Waals surface area contributed by atoms with Crippen LogP contribution in [0.15, 0.2) is 29.2 Å². The van der Waals surface area contributed by atoms with Gasteiger partial charge in [-0.2, -0.15) is 0 Å². The van der Waals surface area contributed by atoms with Crippen LogP contribution in [0.2, 0.25) is 0 Å². The van der Waals surface area contributed by atoms with Crippen molar-refractivity contribution in [3.05, 3.63) is 29.8 Å². The van der Waals surface area contributed by atoms with Gasteiger partial charge < -0.3 is 4.79 Å². The molecular formula is C15H22O3S. The molecule has 0 aliphatic heterocycles. The van der Waals surface area contributed by atoms with E-state index in [0.29, 0.717) is 17.7 Å². The highest BCUT2D eigenvalue weighted by molar-refractivity contribution is 7.91. The van der Waals surface area contributed by atoms with Crippen molar-refractivity contribution in [1.82, 2.24) is 0 Å². The van der Waals surface area contributed by atoms with E-state index in [1.807, 2.05) is 19.9 Å². The van der Waals surface area contributed by atoms with E-state index in [4.69, 9.17) is 0 Å². The number of rotatable bonds is 7. The second-order valence-electron chi connectivity index (χ2n) is 5.18. The van der Waals surface area contributed by atoms with Crippen LogP contribution in [-0.2, 0) is 21.1 Å². The fourth-order valence-corrected chi connectivity index (χ4v) is 3.61. The monoisotopic (exact) mass is 282 g/mol. The maximum absolute atomic E-state index is 12.0. The molecule has 0 aromatic heterocycles. The Hall–Kier alpha value is -1.16. The minimum atomic E-state index is -3.16. The molecule has 0 spiro atoms. The standard InChI is InChI=1S/C15H22O3S/c1-4-8-19(17,18)15-7-5-6-14(11-15)10-12(2)9-13(3)16/h5-7,11-12H,4,8-10H2,1-3H3. The summed E-state index contributed by atoms with van der Waals surface area (Å²) in [5.74, 6) is 0.586. The van der Waals surface area contributed by atoms with Crippen LogP contribution < -0.4 is 0 Å². The van der Waals surface area contributed by atoms with E-state index >= 15 is 0 Å². The molecule has 19 heavy (non-hydrogen) atoms. The Kier molecular flexibility index (Phi) is 5.73. The average molecular weight is 282 g/mol. The van der Waals surface area contributed by atoms with Gasteiger partial charge in [0.1, 0.15) is 5.78 Å². The van der Waals surface area contributed by atoms with Crippen molar-refractivity contribution in [3.8, 4) is 0 Å². The van der Waals surface area contributed by atoms with Crippen molar-refractivity contribution >= 4 is 15.6 Å². The molecule has 0 bridgehead atoms. The van der Waals surface area contributed by atoms with Gasteiger partial charge in [-0.1, -0.05) is 26.0 Å². The van der Waals surface area contributed by atoms with Crippen LogP contribution in [0.25, 0.3) is 0 Å². The van der Waals surface area contributed by atoms with Gasteiger partial charge in [0.15, 0.2) is 9.84 Å². The third-order valence-electron chi connectivity index (χ3n) is 2.95. The number of ketones is 1. The smallest absolute Gasteiger partial charge is 0.178 e. The van der Waals surface area contributed by atoms with Crippen LogP contribution in [0, 0.1) is 5.92 Å². The zero-order chi connectivity index (χ0) is 14.5. The molecule has 0 saturated carbocycles. The predicted octanol–water partition coefficient (Wildman–Crippen LogP) is 3.03. The van der Waals surface area contributed by atoms with Gasteiger partial charge in [-0.25, -0.2) is 8.42 Å². The van der Waals surface area contributed by atoms with Gasteiger partial charge in [-0.15, -0.1) is 0 Å². The van der Waals surface area contributed by atoms with E-state index < -0.39 is 9.84 Å². The highest BCUT2D eigenvalue weighted by Gasteiger charge is 2.14. The fraction of sp³-hybridized carbons (Fsp3) is 0.533. The normalized spacial score (nSPS) is 13.2. The minimum Gasteiger partial charge on any atom is -0.300 e. The first-order valence-electron chi connectivity index (χ1n) is 6.66. The van der Waals surface area contributed by atoms with Crippen molar-refractivity contribution in [3.63, 3.8) is 0 Å². The number of carbonyl (C=O) groups excluding carboxylic acids is 1. The summed E-state index contributed by atoms with van der Waals surface area (Å²) in [5, 5.41) is 0. The van der Waals surface area contributed by atoms with Crippen LogP contribution in [0.5, 0.6) is 0 Å². The summed E-state index contributed by atoms with van der Waals surface area (Å²) in [7, 11) is -3.16. The Balaban J connectivity index is 2.86. The minimum absolute atomic E-state index is 0.169. The third-order valence-corrected chi connectivity index (χ3v) is 4.87. The number of hydrogen-bond acceptors (Lipinski definition) is 3. The van der Waals surface area contributed by atoms with Gasteiger partial charge in [0.2, 0.25) is 0 Å². The largest absolute Gasteiger partial charge is 0.300 e. The van der Waals surface area contributed by atoms with Gasteiger partial charge >= 0.3 is 0 Å². The second kappa shape index (κ2) is 6.85. The molecule has 0 amide bonds. The average Bonchev–Trinajstić information content (AvgIpc) is 2.28. The topological polar surface area (TPSA) is 51.2 Å². The lowest BCUT2D eigenvalue weighted by atomic mass is 9.97. The molecule has 0 heterocycles. The Morgan fingerprint density at radius 1 is 1.32 bits per heavy atom. The summed E-state index contributed by atoms with van der Waals surface area (Å²) in [6.07, 6.45) is 1.88. The first-order valence-corrected chi connectivity index (χ1v) is 8.31. The molecule has 0 saturated heterocycles. The first-order chi connectivity index (χ1) is 8.85. The Morgan fingerprint density at radius 3 is 2.58 bits per heavy atom. The molecule has 0 aliphatic rings. The molecule has 1 unspecified atom stereocenters. The molecule has 1 atom stereocenters. The maximum Gasteiger partial charge on any atom is 0.178 e. The molecule has 0 fully saturated rings. The van der Waals surface area contributed by atoms with Crippen LogP contribution in [-0.4, -0.2) is 20.0 Å². The van der Waals surface area contributed by atoms with E-state index in [1.54, 1.807) is 25.1 Å². The Labute approximate surface area is 116 Å². The molecule has 106 valence electrons. The fourth-order valence-electron chi connectivity index (χ4n) is 2.22. The van der Waals surface area contributed by atoms with Gasteiger partial charge in [0.05, 0.1) is 10.6 Å². The van der Waals surface area contributed by atoms with E-state index in [2.05, 4.69) is 0 Å². The van der Waals surface area contributed by atoms with Gasteiger partial charge in [0, 0.05) is 6.42 Å². The Morgan fingerprint density at radius 2 is 2.00 bits per heavy atom. The SMILES string of the molecule is CCCS(=O)(=O)c1cccc(CC(C)CC(C)=O)c1. The highest BCUT2D eigenvalue weighted by Crippen LogP contribution is 2.18. The number of sulfone groups is 1. The predicted molar refractivity (Wildman–Crippen MR) is 77.0 cm³/mol. The summed E-state index contributed by atoms with van der Waals surface area (Å²) in [4.78, 5) is 11.5. The van der Waals surface area contributed by atoms with Crippen LogP contribution in [0.4, 0.5) is 0 Å². The Bertz CT molecular complexity index is 532. The lowest BCUT2D eigenvalue weighted by molar-refractivity contribution is -0.117. The van der Waals surface area contributed by atoms with E-state index in [9.17, 15) is 13.2 Å².